The number of amides is 2. The van der Waals surface area contributed by atoms with E-state index in [9.17, 15) is 19.7 Å². The molecular weight excluding hydrogens is 392 g/mol. The van der Waals surface area contributed by atoms with Gasteiger partial charge in [0.2, 0.25) is 0 Å². The number of carbonyl (C=O) groups is 2. The molecule has 1 saturated heterocycles. The van der Waals surface area contributed by atoms with Crippen LogP contribution in [0, 0.1) is 10.1 Å². The van der Waals surface area contributed by atoms with Crippen LogP contribution in [-0.4, -0.2) is 54.6 Å². The zero-order valence-electron chi connectivity index (χ0n) is 16.7. The molecule has 2 amide bonds. The van der Waals surface area contributed by atoms with Crippen LogP contribution in [0.4, 0.5) is 16.4 Å². The summed E-state index contributed by atoms with van der Waals surface area (Å²) >= 11 is 0. The van der Waals surface area contributed by atoms with Crippen LogP contribution >= 0.6 is 0 Å². The first-order valence-corrected chi connectivity index (χ1v) is 9.76. The third kappa shape index (κ3) is 5.28. The van der Waals surface area contributed by atoms with E-state index in [1.54, 1.807) is 11.8 Å². The molecule has 1 N–H and O–H groups in total. The molecule has 0 bridgehead atoms. The van der Waals surface area contributed by atoms with Gasteiger partial charge in [-0.15, -0.1) is 0 Å². The van der Waals surface area contributed by atoms with E-state index in [4.69, 9.17) is 9.15 Å². The maximum absolute atomic E-state index is 12.1. The van der Waals surface area contributed by atoms with Crippen molar-refractivity contribution in [2.45, 2.75) is 19.9 Å². The lowest BCUT2D eigenvalue weighted by atomic mass is 10.2. The van der Waals surface area contributed by atoms with Crippen LogP contribution in [-0.2, 0) is 11.3 Å². The summed E-state index contributed by atoms with van der Waals surface area (Å²) in [5.74, 6) is -1.09. The maximum Gasteiger partial charge on any atom is 0.433 e. The van der Waals surface area contributed by atoms with Gasteiger partial charge >= 0.3 is 12.0 Å². The first-order chi connectivity index (χ1) is 14.5. The van der Waals surface area contributed by atoms with E-state index in [-0.39, 0.29) is 18.4 Å². The van der Waals surface area contributed by atoms with E-state index in [1.165, 1.54) is 6.07 Å². The van der Waals surface area contributed by atoms with Gasteiger partial charge in [-0.1, -0.05) is 12.1 Å². The SMILES string of the molecule is CCOC(=O)N1CCCN(c2ccc(CNC(=O)c3ccc([N+](=O)[O-])o3)cc2)CC1. The summed E-state index contributed by atoms with van der Waals surface area (Å²) in [7, 11) is 0. The van der Waals surface area contributed by atoms with Crippen LogP contribution in [0.2, 0.25) is 0 Å². The number of furan rings is 1. The molecule has 0 unspecified atom stereocenters. The second kappa shape index (κ2) is 9.77. The predicted octanol–water partition coefficient (Wildman–Crippen LogP) is 2.79. The molecule has 10 heteroatoms. The predicted molar refractivity (Wildman–Crippen MR) is 108 cm³/mol. The van der Waals surface area contributed by atoms with Crippen molar-refractivity contribution < 1.29 is 23.7 Å². The molecule has 2 heterocycles. The molecule has 0 saturated carbocycles. The molecule has 2 aromatic rings. The normalized spacial score (nSPS) is 14.2. The fourth-order valence-corrected chi connectivity index (χ4v) is 3.21. The fraction of sp³-hybridized carbons (Fsp3) is 0.400. The first-order valence-electron chi connectivity index (χ1n) is 9.76. The molecule has 0 spiro atoms. The zero-order chi connectivity index (χ0) is 21.5. The minimum Gasteiger partial charge on any atom is -0.450 e. The van der Waals surface area contributed by atoms with Crippen molar-refractivity contribution in [3.05, 3.63) is 57.8 Å². The molecule has 30 heavy (non-hydrogen) atoms. The Bertz CT molecular complexity index is 895. The van der Waals surface area contributed by atoms with Crippen LogP contribution in [0.1, 0.15) is 29.5 Å². The van der Waals surface area contributed by atoms with Crippen LogP contribution in [0.25, 0.3) is 0 Å². The maximum atomic E-state index is 12.1. The lowest BCUT2D eigenvalue weighted by molar-refractivity contribution is -0.402. The van der Waals surface area contributed by atoms with Gasteiger partial charge in [0.1, 0.15) is 4.92 Å². The van der Waals surface area contributed by atoms with Crippen LogP contribution in [0.15, 0.2) is 40.8 Å². The van der Waals surface area contributed by atoms with E-state index in [0.29, 0.717) is 26.2 Å². The largest absolute Gasteiger partial charge is 0.450 e. The number of rotatable bonds is 6. The summed E-state index contributed by atoms with van der Waals surface area (Å²) in [6.45, 7) is 5.26. The average Bonchev–Trinajstić information content (AvgIpc) is 3.11. The molecule has 1 aromatic heterocycles. The van der Waals surface area contributed by atoms with Gasteiger partial charge in [0.05, 0.1) is 12.7 Å². The lowest BCUT2D eigenvalue weighted by Gasteiger charge is -2.23. The molecule has 0 aliphatic carbocycles. The molecular formula is C20H24N4O6. The van der Waals surface area contributed by atoms with Gasteiger partial charge < -0.3 is 24.3 Å². The van der Waals surface area contributed by atoms with Crippen molar-refractivity contribution in [2.75, 3.05) is 37.7 Å². The van der Waals surface area contributed by atoms with Crippen LogP contribution in [0.3, 0.4) is 0 Å². The first kappa shape index (κ1) is 21.2. The molecule has 1 aliphatic rings. The van der Waals surface area contributed by atoms with E-state index < -0.39 is 16.7 Å². The Labute approximate surface area is 173 Å². The van der Waals surface area contributed by atoms with Gasteiger partial charge in [0.15, 0.2) is 5.76 Å². The highest BCUT2D eigenvalue weighted by Crippen LogP contribution is 2.19. The topological polar surface area (TPSA) is 118 Å². The summed E-state index contributed by atoms with van der Waals surface area (Å²) in [5, 5.41) is 13.3. The molecule has 10 nitrogen and oxygen atoms in total. The van der Waals surface area contributed by atoms with E-state index in [2.05, 4.69) is 10.2 Å². The van der Waals surface area contributed by atoms with Gasteiger partial charge in [-0.3, -0.25) is 14.9 Å². The molecule has 1 aliphatic heterocycles. The Kier molecular flexibility index (Phi) is 6.89. The van der Waals surface area contributed by atoms with Crippen LogP contribution in [0.5, 0.6) is 0 Å². The number of nitrogens with one attached hydrogen (secondary N) is 1. The molecule has 0 radical (unpaired) electrons. The van der Waals surface area contributed by atoms with Gasteiger partial charge in [-0.05, 0) is 37.1 Å². The third-order valence-electron chi connectivity index (χ3n) is 4.77. The number of carbonyl (C=O) groups excluding carboxylic acids is 2. The Morgan fingerprint density at radius 3 is 2.57 bits per heavy atom. The van der Waals surface area contributed by atoms with Gasteiger partial charge in [0, 0.05) is 38.4 Å². The fourth-order valence-electron chi connectivity index (χ4n) is 3.21. The van der Waals surface area contributed by atoms with Crippen molar-refractivity contribution >= 4 is 23.6 Å². The van der Waals surface area contributed by atoms with Gasteiger partial charge in [0.25, 0.3) is 5.91 Å². The highest BCUT2D eigenvalue weighted by Gasteiger charge is 2.20. The van der Waals surface area contributed by atoms with E-state index >= 15 is 0 Å². The Balaban J connectivity index is 1.52. The minimum atomic E-state index is -0.690. The smallest absolute Gasteiger partial charge is 0.433 e. The standard InChI is InChI=1S/C20H24N4O6/c1-2-29-20(26)23-11-3-10-22(12-13-23)16-6-4-15(5-7-16)14-21-19(25)17-8-9-18(30-17)24(27)28/h4-9H,2-3,10-14H2,1H3,(H,21,25). The number of hydrogen-bond acceptors (Lipinski definition) is 7. The van der Waals surface area contributed by atoms with Crippen molar-refractivity contribution in [1.82, 2.24) is 10.2 Å². The Morgan fingerprint density at radius 1 is 1.13 bits per heavy atom. The number of hydrogen-bond donors (Lipinski definition) is 1. The zero-order valence-corrected chi connectivity index (χ0v) is 16.7. The monoisotopic (exact) mass is 416 g/mol. The second-order valence-corrected chi connectivity index (χ2v) is 6.77. The average molecular weight is 416 g/mol. The van der Waals surface area contributed by atoms with E-state index in [0.717, 1.165) is 30.3 Å². The summed E-state index contributed by atoms with van der Waals surface area (Å²) in [6, 6.07) is 10.2. The van der Waals surface area contributed by atoms with Gasteiger partial charge in [-0.25, -0.2) is 4.79 Å². The van der Waals surface area contributed by atoms with Crippen molar-refractivity contribution in [1.29, 1.82) is 0 Å². The number of nitrogens with zero attached hydrogens (tertiary/aromatic N) is 3. The van der Waals surface area contributed by atoms with Crippen molar-refractivity contribution in [2.24, 2.45) is 0 Å². The van der Waals surface area contributed by atoms with Gasteiger partial charge in [-0.2, -0.15) is 0 Å². The second-order valence-electron chi connectivity index (χ2n) is 6.77. The number of nitro groups is 1. The quantitative estimate of drug-likeness (QED) is 0.568. The number of anilines is 1. The number of benzene rings is 1. The molecule has 3 rings (SSSR count). The summed E-state index contributed by atoms with van der Waals surface area (Å²) < 4.78 is 9.97. The van der Waals surface area contributed by atoms with Crippen LogP contribution < -0.4 is 10.2 Å². The minimum absolute atomic E-state index is 0.103. The highest BCUT2D eigenvalue weighted by atomic mass is 16.6. The molecule has 0 atom stereocenters. The van der Waals surface area contributed by atoms with Crippen molar-refractivity contribution in [3.8, 4) is 0 Å². The third-order valence-corrected chi connectivity index (χ3v) is 4.77. The lowest BCUT2D eigenvalue weighted by Crippen LogP contribution is -2.35. The summed E-state index contributed by atoms with van der Waals surface area (Å²) in [4.78, 5) is 37.9. The molecule has 1 fully saturated rings. The summed E-state index contributed by atoms with van der Waals surface area (Å²) in [6.07, 6.45) is 0.582. The van der Waals surface area contributed by atoms with Crippen molar-refractivity contribution in [3.63, 3.8) is 0 Å². The van der Waals surface area contributed by atoms with E-state index in [1.807, 2.05) is 24.3 Å². The molecule has 1 aromatic carbocycles. The highest BCUT2D eigenvalue weighted by molar-refractivity contribution is 5.91. The Hall–Kier alpha value is -3.56. The Morgan fingerprint density at radius 2 is 1.90 bits per heavy atom. The molecule has 160 valence electrons. The summed E-state index contributed by atoms with van der Waals surface area (Å²) in [5.41, 5.74) is 1.92. The number of ether oxygens (including phenoxy) is 1.